The molecule has 112 valence electrons. The summed E-state index contributed by atoms with van der Waals surface area (Å²) < 4.78 is 22.5. The van der Waals surface area contributed by atoms with Gasteiger partial charge in [-0.15, -0.1) is 0 Å². The predicted octanol–water partition coefficient (Wildman–Crippen LogP) is 1.31. The predicted molar refractivity (Wildman–Crippen MR) is 79.2 cm³/mol. The summed E-state index contributed by atoms with van der Waals surface area (Å²) in [6.45, 7) is 4.48. The highest BCUT2D eigenvalue weighted by Gasteiger charge is 2.12. The van der Waals surface area contributed by atoms with E-state index < -0.39 is 10.0 Å². The van der Waals surface area contributed by atoms with Crippen molar-refractivity contribution in [2.24, 2.45) is 5.14 Å². The Morgan fingerprint density at radius 1 is 1.40 bits per heavy atom. The highest BCUT2D eigenvalue weighted by molar-refractivity contribution is 7.89. The van der Waals surface area contributed by atoms with Crippen molar-refractivity contribution in [2.45, 2.75) is 31.2 Å². The fourth-order valence-electron chi connectivity index (χ4n) is 1.46. The lowest BCUT2D eigenvalue weighted by Crippen LogP contribution is -2.27. The van der Waals surface area contributed by atoms with Gasteiger partial charge in [-0.05, 0) is 18.2 Å². The molecular formula is C12H18ClN3O3S. The maximum Gasteiger partial charge on any atom is 0.238 e. The summed E-state index contributed by atoms with van der Waals surface area (Å²) in [5, 5.41) is 10.9. The molecule has 0 saturated heterocycles. The molecule has 0 aliphatic heterocycles. The number of halogens is 1. The van der Waals surface area contributed by atoms with E-state index in [1.807, 2.05) is 13.8 Å². The van der Waals surface area contributed by atoms with Gasteiger partial charge in [-0.3, -0.25) is 4.79 Å². The van der Waals surface area contributed by atoms with E-state index >= 15 is 0 Å². The minimum Gasteiger partial charge on any atom is -0.325 e. The summed E-state index contributed by atoms with van der Waals surface area (Å²) in [5.41, 5.74) is 0.229. The third-order valence-corrected chi connectivity index (χ3v) is 3.69. The van der Waals surface area contributed by atoms with Crippen molar-refractivity contribution in [1.82, 2.24) is 5.32 Å². The molecule has 6 nitrogen and oxygen atoms in total. The average molecular weight is 320 g/mol. The van der Waals surface area contributed by atoms with Gasteiger partial charge in [-0.1, -0.05) is 25.4 Å². The molecule has 0 saturated carbocycles. The maximum absolute atomic E-state index is 11.7. The standard InChI is InChI=1S/C12H18ClN3O3S/c1-8(2)15-6-5-12(17)16-11-7-9(20(14,18)19)3-4-10(11)13/h3-4,7-8,15H,5-6H2,1-2H3,(H,16,17)(H2,14,18,19). The van der Waals surface area contributed by atoms with Gasteiger partial charge in [0.25, 0.3) is 0 Å². The molecule has 0 atom stereocenters. The first-order chi connectivity index (χ1) is 9.20. The quantitative estimate of drug-likeness (QED) is 0.736. The molecule has 0 aliphatic rings. The van der Waals surface area contributed by atoms with E-state index in [2.05, 4.69) is 10.6 Å². The van der Waals surface area contributed by atoms with Crippen LogP contribution in [0.25, 0.3) is 0 Å². The lowest BCUT2D eigenvalue weighted by molar-refractivity contribution is -0.116. The van der Waals surface area contributed by atoms with Crippen molar-refractivity contribution < 1.29 is 13.2 Å². The fourth-order valence-corrected chi connectivity index (χ4v) is 2.17. The van der Waals surface area contributed by atoms with Crippen LogP contribution in [0.4, 0.5) is 5.69 Å². The summed E-state index contributed by atoms with van der Waals surface area (Å²) >= 11 is 5.91. The second-order valence-electron chi connectivity index (χ2n) is 4.59. The molecule has 1 rings (SSSR count). The Hall–Kier alpha value is -1.15. The van der Waals surface area contributed by atoms with Crippen molar-refractivity contribution in [2.75, 3.05) is 11.9 Å². The van der Waals surface area contributed by atoms with E-state index in [0.717, 1.165) is 0 Å². The third-order valence-electron chi connectivity index (χ3n) is 2.45. The number of sulfonamides is 1. The molecule has 0 bridgehead atoms. The Bertz CT molecular complexity index is 588. The van der Waals surface area contributed by atoms with Gasteiger partial charge < -0.3 is 10.6 Å². The normalized spacial score (nSPS) is 11.7. The van der Waals surface area contributed by atoms with Crippen molar-refractivity contribution in [3.05, 3.63) is 23.2 Å². The zero-order valence-electron chi connectivity index (χ0n) is 11.3. The van der Waals surface area contributed by atoms with Crippen LogP contribution < -0.4 is 15.8 Å². The average Bonchev–Trinajstić information content (AvgIpc) is 2.30. The molecule has 20 heavy (non-hydrogen) atoms. The van der Waals surface area contributed by atoms with E-state index in [1.165, 1.54) is 18.2 Å². The summed E-state index contributed by atoms with van der Waals surface area (Å²) in [7, 11) is -3.83. The monoisotopic (exact) mass is 319 g/mol. The SMILES string of the molecule is CC(C)NCCC(=O)Nc1cc(S(N)(=O)=O)ccc1Cl. The van der Waals surface area contributed by atoms with Gasteiger partial charge in [0.1, 0.15) is 0 Å². The Kier molecular flexibility index (Phi) is 5.94. The maximum atomic E-state index is 11.7. The Labute approximate surface area is 123 Å². The third kappa shape index (κ3) is 5.46. The second-order valence-corrected chi connectivity index (χ2v) is 6.56. The molecule has 0 heterocycles. The number of nitrogens with one attached hydrogen (secondary N) is 2. The van der Waals surface area contributed by atoms with Crippen molar-refractivity contribution in [3.63, 3.8) is 0 Å². The van der Waals surface area contributed by atoms with Crippen LogP contribution in [0.15, 0.2) is 23.1 Å². The van der Waals surface area contributed by atoms with Crippen molar-refractivity contribution >= 4 is 33.2 Å². The lowest BCUT2D eigenvalue weighted by atomic mass is 10.3. The zero-order valence-corrected chi connectivity index (χ0v) is 12.9. The van der Waals surface area contributed by atoms with Crippen molar-refractivity contribution in [3.8, 4) is 0 Å². The van der Waals surface area contributed by atoms with Gasteiger partial charge in [0.2, 0.25) is 15.9 Å². The number of primary sulfonamides is 1. The molecule has 0 aromatic heterocycles. The van der Waals surface area contributed by atoms with Gasteiger partial charge in [0.15, 0.2) is 0 Å². The van der Waals surface area contributed by atoms with Crippen LogP contribution in [0.1, 0.15) is 20.3 Å². The van der Waals surface area contributed by atoms with Crippen molar-refractivity contribution in [1.29, 1.82) is 0 Å². The topological polar surface area (TPSA) is 101 Å². The molecular weight excluding hydrogens is 302 g/mol. The summed E-state index contributed by atoms with van der Waals surface area (Å²) in [5.74, 6) is -0.258. The summed E-state index contributed by atoms with van der Waals surface area (Å²) in [6.07, 6.45) is 0.258. The van der Waals surface area contributed by atoms with Crippen LogP contribution in [-0.2, 0) is 14.8 Å². The number of amides is 1. The minimum absolute atomic E-state index is 0.0995. The minimum atomic E-state index is -3.83. The summed E-state index contributed by atoms with van der Waals surface area (Å²) in [6, 6.07) is 4.19. The van der Waals surface area contributed by atoms with Crippen LogP contribution in [0, 0.1) is 0 Å². The van der Waals surface area contributed by atoms with E-state index in [0.29, 0.717) is 6.54 Å². The molecule has 1 aromatic rings. The van der Waals surface area contributed by atoms with Gasteiger partial charge in [0.05, 0.1) is 15.6 Å². The van der Waals surface area contributed by atoms with Crippen LogP contribution in [0.2, 0.25) is 5.02 Å². The van der Waals surface area contributed by atoms with E-state index in [-0.39, 0.29) is 34.0 Å². The molecule has 0 spiro atoms. The first kappa shape index (κ1) is 16.9. The van der Waals surface area contributed by atoms with Gasteiger partial charge in [0, 0.05) is 19.0 Å². The number of rotatable bonds is 6. The Morgan fingerprint density at radius 2 is 2.05 bits per heavy atom. The first-order valence-electron chi connectivity index (χ1n) is 6.05. The van der Waals surface area contributed by atoms with Crippen LogP contribution in [0.3, 0.4) is 0 Å². The zero-order chi connectivity index (χ0) is 15.3. The Balaban J connectivity index is 2.74. The largest absolute Gasteiger partial charge is 0.325 e. The number of hydrogen-bond acceptors (Lipinski definition) is 4. The molecule has 1 amide bonds. The highest BCUT2D eigenvalue weighted by atomic mass is 35.5. The van der Waals surface area contributed by atoms with E-state index in [1.54, 1.807) is 0 Å². The molecule has 0 fully saturated rings. The van der Waals surface area contributed by atoms with Crippen LogP contribution in [-0.4, -0.2) is 26.9 Å². The molecule has 0 unspecified atom stereocenters. The first-order valence-corrected chi connectivity index (χ1v) is 7.98. The molecule has 4 N–H and O–H groups in total. The number of nitrogens with two attached hydrogens (primary N) is 1. The number of carbonyl (C=O) groups excluding carboxylic acids is 1. The van der Waals surface area contributed by atoms with Crippen LogP contribution in [0.5, 0.6) is 0 Å². The smallest absolute Gasteiger partial charge is 0.238 e. The van der Waals surface area contributed by atoms with E-state index in [4.69, 9.17) is 16.7 Å². The van der Waals surface area contributed by atoms with E-state index in [9.17, 15) is 13.2 Å². The number of hydrogen-bond donors (Lipinski definition) is 3. The van der Waals surface area contributed by atoms with Crippen LogP contribution >= 0.6 is 11.6 Å². The van der Waals surface area contributed by atoms with Gasteiger partial charge in [-0.2, -0.15) is 0 Å². The lowest BCUT2D eigenvalue weighted by Gasteiger charge is -2.10. The summed E-state index contributed by atoms with van der Waals surface area (Å²) in [4.78, 5) is 11.6. The van der Waals surface area contributed by atoms with Gasteiger partial charge in [-0.25, -0.2) is 13.6 Å². The second kappa shape index (κ2) is 7.03. The Morgan fingerprint density at radius 3 is 2.60 bits per heavy atom. The number of anilines is 1. The number of carbonyl (C=O) groups is 1. The van der Waals surface area contributed by atoms with Gasteiger partial charge >= 0.3 is 0 Å². The fraction of sp³-hybridized carbons (Fsp3) is 0.417. The molecule has 0 radical (unpaired) electrons. The molecule has 8 heteroatoms. The molecule has 1 aromatic carbocycles. The highest BCUT2D eigenvalue weighted by Crippen LogP contribution is 2.24. The number of benzene rings is 1. The molecule has 0 aliphatic carbocycles.